The molecule has 160 valence electrons. The van der Waals surface area contributed by atoms with Gasteiger partial charge in [-0.05, 0) is 92.4 Å². The van der Waals surface area contributed by atoms with Crippen molar-refractivity contribution >= 4 is 28.8 Å². The summed E-state index contributed by atoms with van der Waals surface area (Å²) in [6.07, 6.45) is 6.40. The summed E-state index contributed by atoms with van der Waals surface area (Å²) in [4.78, 5) is 11.4. The Morgan fingerprint density at radius 2 is 1.29 bits per heavy atom. The molecule has 0 spiro atoms. The van der Waals surface area contributed by atoms with E-state index in [1.807, 2.05) is 13.8 Å². The Balaban J connectivity index is -0.000000404. The minimum Gasteiger partial charge on any atom is -1.00 e. The Labute approximate surface area is 208 Å². The van der Waals surface area contributed by atoms with Gasteiger partial charge in [0.15, 0.2) is 0 Å². The predicted molar refractivity (Wildman–Crippen MR) is 120 cm³/mol. The summed E-state index contributed by atoms with van der Waals surface area (Å²) in [6.45, 7) is 18.6. The van der Waals surface area contributed by atoms with Crippen LogP contribution in [-0.2, 0) is 4.79 Å². The van der Waals surface area contributed by atoms with Gasteiger partial charge in [-0.15, -0.1) is 0 Å². The van der Waals surface area contributed by atoms with Crippen LogP contribution in [0.25, 0.3) is 0 Å². The molecule has 4 heteroatoms. The monoisotopic (exact) mass is 514 g/mol. The van der Waals surface area contributed by atoms with E-state index in [9.17, 15) is 9.90 Å². The summed E-state index contributed by atoms with van der Waals surface area (Å²) in [5.41, 5.74) is 5.32. The molecule has 0 aromatic carbocycles. The predicted octanol–water partition coefficient (Wildman–Crippen LogP) is 3.46. The Morgan fingerprint density at radius 3 is 1.61 bits per heavy atom. The van der Waals surface area contributed by atoms with E-state index in [0.29, 0.717) is 5.78 Å². The van der Waals surface area contributed by atoms with Gasteiger partial charge in [0.2, 0.25) is 0 Å². The second-order valence-corrected chi connectivity index (χ2v) is 9.71. The molecule has 0 fully saturated rings. The van der Waals surface area contributed by atoms with E-state index in [1.54, 1.807) is 6.92 Å². The fourth-order valence-electron chi connectivity index (χ4n) is 3.83. The third kappa shape index (κ3) is 8.39. The molecule has 28 heavy (non-hydrogen) atoms. The molecule has 0 aliphatic heterocycles. The topological polar surface area (TPSA) is 37.3 Å². The molecule has 2 rings (SSSR count). The van der Waals surface area contributed by atoms with Crippen LogP contribution in [0, 0.1) is 18.3 Å². The average Bonchev–Trinajstić information content (AvgIpc) is 2.47. The van der Waals surface area contributed by atoms with E-state index in [4.69, 9.17) is 0 Å². The van der Waals surface area contributed by atoms with Crippen molar-refractivity contribution in [1.82, 2.24) is 0 Å². The fraction of sp³-hybridized carbons (Fsp3) is 0.750. The van der Waals surface area contributed by atoms with Crippen LogP contribution in [0.2, 0.25) is 0 Å². The van der Waals surface area contributed by atoms with Crippen molar-refractivity contribution < 1.29 is 33.9 Å². The molecule has 1 N–H and O–H groups in total. The molecule has 2 atom stereocenters. The number of allylic oxidation sites excluding steroid dienone is 4. The summed E-state index contributed by atoms with van der Waals surface area (Å²) in [7, 11) is 0. The van der Waals surface area contributed by atoms with E-state index in [1.165, 1.54) is 22.3 Å². The number of halogens is 1. The van der Waals surface area contributed by atoms with Crippen molar-refractivity contribution in [1.29, 1.82) is 0 Å². The summed E-state index contributed by atoms with van der Waals surface area (Å²) < 4.78 is 0. The molecule has 0 bridgehead atoms. The molecule has 0 aromatic heterocycles. The van der Waals surface area contributed by atoms with Crippen LogP contribution >= 0.6 is 0 Å². The zero-order valence-corrected chi connectivity index (χ0v) is 23.8. The minimum atomic E-state index is -0.561. The van der Waals surface area contributed by atoms with Crippen molar-refractivity contribution in [2.24, 2.45) is 10.8 Å². The average molecular weight is 515 g/mol. The third-order valence-corrected chi connectivity index (χ3v) is 7.20. The normalized spacial score (nSPS) is 27.5. The minimum absolute atomic E-state index is 0. The van der Waals surface area contributed by atoms with Crippen molar-refractivity contribution in [3.05, 3.63) is 29.7 Å². The summed E-state index contributed by atoms with van der Waals surface area (Å²) in [5, 5.41) is 10.1. The number of carbonyl (C=O) groups excluding carboxylic acids is 1. The van der Waals surface area contributed by atoms with Gasteiger partial charge in [-0.1, -0.05) is 36.1 Å². The van der Waals surface area contributed by atoms with E-state index in [-0.39, 0.29) is 65.3 Å². The number of carbonyl (C=O) groups is 1. The molecule has 0 amide bonds. The molecular weight excluding hydrogens is 471 g/mol. The molecule has 2 aliphatic carbocycles. The van der Waals surface area contributed by atoms with Crippen molar-refractivity contribution in [2.75, 3.05) is 0 Å². The van der Waals surface area contributed by atoms with Crippen molar-refractivity contribution in [3.63, 3.8) is 0 Å². The quantitative estimate of drug-likeness (QED) is 0.265. The first kappa shape index (κ1) is 33.2. The molecule has 2 aliphatic rings. The standard InChI is InChI=1S/C12H22O.C11H18O.CH3.HI.Mg/c1-9-6-7-12(5,8-10(9)2)11(3,4)13;1-8-5-6-11(4,10(3)12)7-9(8)2;;;/h13H,6-8H2,1-5H3;5-7H2,1-4H3;1H3;1H;/q;;-1;;+2/p-1. The largest absolute Gasteiger partial charge is 2.00 e. The number of hydrogen-bond acceptors (Lipinski definition) is 2. The van der Waals surface area contributed by atoms with Crippen LogP contribution in [0.1, 0.15) is 101 Å². The van der Waals surface area contributed by atoms with Crippen LogP contribution < -0.4 is 24.0 Å². The summed E-state index contributed by atoms with van der Waals surface area (Å²) >= 11 is 0. The SMILES string of the molecule is CC(=O)C1(C)CCC(C)=C(C)C1.CC1=C(C)CC(C)(C(C)(C)O)CC1.[CH3-].[I-].[Mg+2]. The van der Waals surface area contributed by atoms with Crippen LogP contribution in [0.15, 0.2) is 22.3 Å². The van der Waals surface area contributed by atoms with Crippen LogP contribution in [-0.4, -0.2) is 39.5 Å². The first-order valence-corrected chi connectivity index (χ1v) is 9.76. The molecule has 0 saturated heterocycles. The van der Waals surface area contributed by atoms with E-state index in [0.717, 1.165) is 38.5 Å². The van der Waals surface area contributed by atoms with Gasteiger partial charge < -0.3 is 36.5 Å². The summed E-state index contributed by atoms with van der Waals surface area (Å²) in [6, 6.07) is 0. The van der Waals surface area contributed by atoms with Gasteiger partial charge in [-0.25, -0.2) is 0 Å². The molecule has 2 unspecified atom stereocenters. The summed E-state index contributed by atoms with van der Waals surface area (Å²) in [5.74, 6) is 0.342. The van der Waals surface area contributed by atoms with E-state index >= 15 is 0 Å². The van der Waals surface area contributed by atoms with Gasteiger partial charge in [0.25, 0.3) is 0 Å². The molecule has 0 radical (unpaired) electrons. The van der Waals surface area contributed by atoms with Crippen molar-refractivity contribution in [3.8, 4) is 0 Å². The maximum Gasteiger partial charge on any atom is 2.00 e. The number of ketones is 1. The van der Waals surface area contributed by atoms with Gasteiger partial charge in [-0.3, -0.25) is 4.79 Å². The maximum absolute atomic E-state index is 11.4. The van der Waals surface area contributed by atoms with Gasteiger partial charge in [0, 0.05) is 5.41 Å². The number of Topliss-reactive ketones (excluding diaryl/α,β-unsaturated/α-hetero) is 1. The Hall–Kier alpha value is 0.606. The van der Waals surface area contributed by atoms with Gasteiger partial charge in [0.1, 0.15) is 5.78 Å². The zero-order chi connectivity index (χ0) is 19.6. The molecule has 0 heterocycles. The van der Waals surface area contributed by atoms with Gasteiger partial charge in [-0.2, -0.15) is 0 Å². The van der Waals surface area contributed by atoms with Crippen LogP contribution in [0.3, 0.4) is 0 Å². The second-order valence-electron chi connectivity index (χ2n) is 9.71. The van der Waals surface area contributed by atoms with E-state index < -0.39 is 5.60 Å². The third-order valence-electron chi connectivity index (χ3n) is 7.20. The fourth-order valence-corrected chi connectivity index (χ4v) is 3.83. The molecule has 0 saturated carbocycles. The molecule has 2 nitrogen and oxygen atoms in total. The molecular formula is C24H43IMgO2. The van der Waals surface area contributed by atoms with Crippen molar-refractivity contribution in [2.45, 2.75) is 106 Å². The van der Waals surface area contributed by atoms with Crippen LogP contribution in [0.4, 0.5) is 0 Å². The Morgan fingerprint density at radius 1 is 0.893 bits per heavy atom. The number of aliphatic hydroxyl groups is 1. The second kappa shape index (κ2) is 12.5. The maximum atomic E-state index is 11.4. The molecule has 0 aromatic rings. The first-order chi connectivity index (χ1) is 11.2. The Bertz CT molecular complexity index is 586. The zero-order valence-electron chi connectivity index (χ0n) is 20.2. The number of hydrogen-bond donors (Lipinski definition) is 1. The number of rotatable bonds is 2. The Kier molecular flexibility index (Phi) is 14.8. The van der Waals surface area contributed by atoms with E-state index in [2.05, 4.69) is 41.5 Å². The smallest absolute Gasteiger partial charge is 1.00 e. The van der Waals surface area contributed by atoms with Crippen LogP contribution in [0.5, 0.6) is 0 Å². The van der Waals surface area contributed by atoms with Gasteiger partial charge >= 0.3 is 23.1 Å². The first-order valence-electron chi connectivity index (χ1n) is 9.76. The van der Waals surface area contributed by atoms with Gasteiger partial charge in [0.05, 0.1) is 5.60 Å².